The molecule has 0 aliphatic carbocycles. The van der Waals surface area contributed by atoms with Crippen molar-refractivity contribution in [2.24, 2.45) is 0 Å². The van der Waals surface area contributed by atoms with Crippen LogP contribution in [0.2, 0.25) is 0 Å². The molecular formula is C24H30FN5O3. The highest BCUT2D eigenvalue weighted by atomic mass is 19.1. The summed E-state index contributed by atoms with van der Waals surface area (Å²) in [5, 5.41) is 5.76. The number of nitrogens with zero attached hydrogens (tertiary/aromatic N) is 5. The van der Waals surface area contributed by atoms with E-state index in [0.29, 0.717) is 17.9 Å². The Hall–Kier alpha value is -3.04. The van der Waals surface area contributed by atoms with Crippen LogP contribution in [-0.4, -0.2) is 79.2 Å². The van der Waals surface area contributed by atoms with Crippen molar-refractivity contribution < 1.29 is 18.7 Å². The topological polar surface area (TPSA) is 72.7 Å². The van der Waals surface area contributed by atoms with Crippen LogP contribution in [-0.2, 0) is 9.47 Å². The smallest absolute Gasteiger partial charge is 0.356 e. The molecule has 0 saturated carbocycles. The number of carbonyl (C=O) groups excluding carboxylic acids is 1. The van der Waals surface area contributed by atoms with Crippen LogP contribution in [0.25, 0.3) is 16.7 Å². The van der Waals surface area contributed by atoms with Crippen molar-refractivity contribution in [2.75, 3.05) is 58.5 Å². The highest BCUT2D eigenvalue weighted by Gasteiger charge is 2.27. The summed E-state index contributed by atoms with van der Waals surface area (Å²) < 4.78 is 25.4. The van der Waals surface area contributed by atoms with Gasteiger partial charge in [0.25, 0.3) is 0 Å². The molecule has 4 rings (SSSR count). The number of rotatable bonds is 7. The molecule has 2 aromatic heterocycles. The number of hydrogen-bond donors (Lipinski definition) is 0. The number of methoxy groups -OCH3 is 2. The van der Waals surface area contributed by atoms with Gasteiger partial charge in [-0.25, -0.2) is 18.9 Å². The highest BCUT2D eigenvalue weighted by Crippen LogP contribution is 2.35. The monoisotopic (exact) mass is 455 g/mol. The number of hydrogen-bond acceptors (Lipinski definition) is 7. The molecule has 9 heteroatoms. The average molecular weight is 456 g/mol. The first-order valence-electron chi connectivity index (χ1n) is 11.2. The number of fused-ring (bicyclic) bond motifs is 1. The molecule has 1 fully saturated rings. The first kappa shape index (κ1) is 23.1. The average Bonchev–Trinajstić information content (AvgIpc) is 3.22. The van der Waals surface area contributed by atoms with Gasteiger partial charge in [0, 0.05) is 39.8 Å². The van der Waals surface area contributed by atoms with Crippen molar-refractivity contribution in [3.05, 3.63) is 47.5 Å². The molecule has 0 amide bonds. The lowest BCUT2D eigenvalue weighted by molar-refractivity contribution is 0.0594. The van der Waals surface area contributed by atoms with Crippen molar-refractivity contribution in [3.63, 3.8) is 0 Å². The fourth-order valence-electron chi connectivity index (χ4n) is 4.18. The molecule has 1 aromatic carbocycles. The summed E-state index contributed by atoms with van der Waals surface area (Å²) in [4.78, 5) is 21.8. The lowest BCUT2D eigenvalue weighted by Gasteiger charge is -2.36. The van der Waals surface area contributed by atoms with Gasteiger partial charge in [0.1, 0.15) is 5.82 Å². The number of aromatic nitrogens is 3. The summed E-state index contributed by atoms with van der Waals surface area (Å²) in [6.07, 6.45) is 0. The van der Waals surface area contributed by atoms with E-state index in [9.17, 15) is 9.18 Å². The molecule has 0 unspecified atom stereocenters. The third-order valence-corrected chi connectivity index (χ3v) is 5.98. The number of ether oxygens (including phenoxy) is 2. The van der Waals surface area contributed by atoms with E-state index in [4.69, 9.17) is 14.6 Å². The van der Waals surface area contributed by atoms with Gasteiger partial charge in [0.15, 0.2) is 11.3 Å². The molecule has 1 aliphatic rings. The predicted octanol–water partition coefficient (Wildman–Crippen LogP) is 3.24. The Bertz CT molecular complexity index is 1120. The zero-order valence-electron chi connectivity index (χ0n) is 19.5. The minimum Gasteiger partial charge on any atom is -0.464 e. The van der Waals surface area contributed by atoms with E-state index in [1.807, 2.05) is 6.07 Å². The molecule has 0 spiro atoms. The van der Waals surface area contributed by atoms with E-state index >= 15 is 0 Å². The second kappa shape index (κ2) is 9.84. The van der Waals surface area contributed by atoms with Gasteiger partial charge < -0.3 is 14.4 Å². The molecule has 0 bridgehead atoms. The van der Waals surface area contributed by atoms with Crippen LogP contribution < -0.4 is 4.90 Å². The summed E-state index contributed by atoms with van der Waals surface area (Å²) in [6.45, 7) is 9.16. The summed E-state index contributed by atoms with van der Waals surface area (Å²) in [7, 11) is 3.06. The maximum Gasteiger partial charge on any atom is 0.356 e. The van der Waals surface area contributed by atoms with Crippen molar-refractivity contribution in [1.82, 2.24) is 19.7 Å². The number of carbonyl (C=O) groups is 1. The van der Waals surface area contributed by atoms with E-state index in [2.05, 4.69) is 28.6 Å². The van der Waals surface area contributed by atoms with Crippen molar-refractivity contribution in [3.8, 4) is 5.69 Å². The Morgan fingerprint density at radius 1 is 1.12 bits per heavy atom. The minimum atomic E-state index is -0.505. The number of halogens is 1. The van der Waals surface area contributed by atoms with Crippen LogP contribution in [0, 0.1) is 5.82 Å². The van der Waals surface area contributed by atoms with Crippen molar-refractivity contribution in [1.29, 1.82) is 0 Å². The molecule has 0 radical (unpaired) electrons. The van der Waals surface area contributed by atoms with Crippen molar-refractivity contribution in [2.45, 2.75) is 19.8 Å². The summed E-state index contributed by atoms with van der Waals surface area (Å²) in [6, 6.07) is 7.91. The zero-order chi connectivity index (χ0) is 23.5. The molecule has 8 nitrogen and oxygen atoms in total. The van der Waals surface area contributed by atoms with Gasteiger partial charge in [-0.2, -0.15) is 5.10 Å². The zero-order valence-corrected chi connectivity index (χ0v) is 19.5. The van der Waals surface area contributed by atoms with E-state index in [0.717, 1.165) is 49.5 Å². The third kappa shape index (κ3) is 4.69. The van der Waals surface area contributed by atoms with Crippen LogP contribution in [0.1, 0.15) is 35.9 Å². The number of pyridine rings is 1. The van der Waals surface area contributed by atoms with Crippen LogP contribution in [0.4, 0.5) is 10.1 Å². The largest absolute Gasteiger partial charge is 0.464 e. The Balaban J connectivity index is 1.85. The first-order valence-corrected chi connectivity index (χ1v) is 11.2. The van der Waals surface area contributed by atoms with Gasteiger partial charge in [0.2, 0.25) is 0 Å². The fraction of sp³-hybridized carbons (Fsp3) is 0.458. The quantitative estimate of drug-likeness (QED) is 0.507. The summed E-state index contributed by atoms with van der Waals surface area (Å²) in [5.74, 6) is -0.703. The van der Waals surface area contributed by atoms with Crippen LogP contribution in [0.15, 0.2) is 30.3 Å². The predicted molar refractivity (Wildman–Crippen MR) is 125 cm³/mol. The highest BCUT2D eigenvalue weighted by molar-refractivity contribution is 5.99. The molecule has 3 aromatic rings. The summed E-state index contributed by atoms with van der Waals surface area (Å²) in [5.41, 5.74) is 3.27. The molecule has 0 atom stereocenters. The minimum absolute atomic E-state index is 0.127. The molecule has 0 N–H and O–H groups in total. The van der Waals surface area contributed by atoms with E-state index in [1.54, 1.807) is 23.9 Å². The molecule has 33 heavy (non-hydrogen) atoms. The molecular weight excluding hydrogens is 425 g/mol. The molecule has 1 saturated heterocycles. The van der Waals surface area contributed by atoms with Gasteiger partial charge in [0.05, 0.1) is 36.2 Å². The second-order valence-corrected chi connectivity index (χ2v) is 8.47. The third-order valence-electron chi connectivity index (χ3n) is 5.98. The summed E-state index contributed by atoms with van der Waals surface area (Å²) >= 11 is 0. The molecule has 176 valence electrons. The normalized spacial score (nSPS) is 14.9. The first-order chi connectivity index (χ1) is 15.9. The van der Waals surface area contributed by atoms with Gasteiger partial charge >= 0.3 is 5.97 Å². The maximum atomic E-state index is 13.6. The number of anilines is 1. The fourth-order valence-corrected chi connectivity index (χ4v) is 4.18. The lowest BCUT2D eigenvalue weighted by atomic mass is 10.0. The standard InChI is InChI=1S/C24H30FN5O3/c1-16(2)22-21-20(29-11-9-28(10-12-29)13-14-32-3)15-19(24(31)33-4)26-23(21)30(27-22)18-7-5-17(25)6-8-18/h5-8,15-16H,9-14H2,1-4H3. The lowest BCUT2D eigenvalue weighted by Crippen LogP contribution is -2.47. The van der Waals surface area contributed by atoms with Gasteiger partial charge in [-0.1, -0.05) is 13.8 Å². The van der Waals surface area contributed by atoms with E-state index in [1.165, 1.54) is 19.2 Å². The number of piperazine rings is 1. The molecule has 1 aliphatic heterocycles. The Kier molecular flexibility index (Phi) is 6.90. The Labute approximate surface area is 192 Å². The number of benzene rings is 1. The van der Waals surface area contributed by atoms with E-state index < -0.39 is 5.97 Å². The van der Waals surface area contributed by atoms with Gasteiger partial charge in [-0.3, -0.25) is 4.90 Å². The Morgan fingerprint density at radius 2 is 1.82 bits per heavy atom. The SMILES string of the molecule is COCCN1CCN(c2cc(C(=O)OC)nc3c2c(C(C)C)nn3-c2ccc(F)cc2)CC1. The Morgan fingerprint density at radius 3 is 2.42 bits per heavy atom. The van der Waals surface area contributed by atoms with E-state index in [-0.39, 0.29) is 17.4 Å². The van der Waals surface area contributed by atoms with Crippen LogP contribution >= 0.6 is 0 Å². The molecule has 3 heterocycles. The van der Waals surface area contributed by atoms with Gasteiger partial charge in [-0.05, 0) is 36.2 Å². The second-order valence-electron chi connectivity index (χ2n) is 8.47. The van der Waals surface area contributed by atoms with Crippen LogP contribution in [0.3, 0.4) is 0 Å². The van der Waals surface area contributed by atoms with Gasteiger partial charge in [-0.15, -0.1) is 0 Å². The number of esters is 1. The maximum absolute atomic E-state index is 13.6. The van der Waals surface area contributed by atoms with Crippen LogP contribution in [0.5, 0.6) is 0 Å². The van der Waals surface area contributed by atoms with Crippen molar-refractivity contribution >= 4 is 22.7 Å².